The maximum atomic E-state index is 12.8. The highest BCUT2D eigenvalue weighted by atomic mass is 35.5. The summed E-state index contributed by atoms with van der Waals surface area (Å²) in [5, 5.41) is 6.10. The van der Waals surface area contributed by atoms with Crippen molar-refractivity contribution in [2.24, 2.45) is 5.92 Å². The normalized spacial score (nSPS) is 16.1. The van der Waals surface area contributed by atoms with Crippen molar-refractivity contribution in [3.63, 3.8) is 0 Å². The topological polar surface area (TPSA) is 79.9 Å². The Morgan fingerprint density at radius 3 is 2.48 bits per heavy atom. The molecular formula is C21H24ClN3O4. The summed E-state index contributed by atoms with van der Waals surface area (Å²) in [6.07, 6.45) is 1.45. The molecule has 3 rings (SSSR count). The van der Waals surface area contributed by atoms with Gasteiger partial charge in [-0.15, -0.1) is 0 Å². The van der Waals surface area contributed by atoms with Gasteiger partial charge in [-0.3, -0.25) is 4.79 Å². The van der Waals surface area contributed by atoms with Gasteiger partial charge in [0.2, 0.25) is 5.91 Å². The largest absolute Gasteiger partial charge is 0.495 e. The summed E-state index contributed by atoms with van der Waals surface area (Å²) in [6, 6.07) is 12.3. The number of hydrogen-bond acceptors (Lipinski definition) is 4. The number of ether oxygens (including phenoxy) is 2. The van der Waals surface area contributed by atoms with Crippen LogP contribution in [0.3, 0.4) is 0 Å². The summed E-state index contributed by atoms with van der Waals surface area (Å²) in [5.41, 5.74) is 1.19. The molecular weight excluding hydrogens is 394 g/mol. The van der Waals surface area contributed by atoms with Crippen molar-refractivity contribution in [1.82, 2.24) is 4.90 Å². The summed E-state index contributed by atoms with van der Waals surface area (Å²) in [5.74, 6) is 0.412. The molecule has 1 heterocycles. The molecule has 1 aliphatic heterocycles. The minimum Gasteiger partial charge on any atom is -0.495 e. The van der Waals surface area contributed by atoms with Crippen molar-refractivity contribution in [2.45, 2.75) is 12.8 Å². The second kappa shape index (κ2) is 9.52. The Hall–Kier alpha value is -2.93. The van der Waals surface area contributed by atoms with Crippen LogP contribution in [0.2, 0.25) is 5.02 Å². The highest BCUT2D eigenvalue weighted by Gasteiger charge is 2.29. The van der Waals surface area contributed by atoms with Gasteiger partial charge in [0.15, 0.2) is 0 Å². The van der Waals surface area contributed by atoms with Gasteiger partial charge in [-0.25, -0.2) is 4.79 Å². The lowest BCUT2D eigenvalue weighted by molar-refractivity contribution is -0.121. The fourth-order valence-electron chi connectivity index (χ4n) is 3.29. The summed E-state index contributed by atoms with van der Waals surface area (Å²) in [4.78, 5) is 27.0. The molecule has 8 heteroatoms. The summed E-state index contributed by atoms with van der Waals surface area (Å²) in [6.45, 7) is 0.955. The molecule has 1 aliphatic rings. The molecule has 1 atom stereocenters. The number of rotatable bonds is 5. The molecule has 7 nitrogen and oxygen atoms in total. The van der Waals surface area contributed by atoms with E-state index >= 15 is 0 Å². The molecule has 1 fully saturated rings. The van der Waals surface area contributed by atoms with Gasteiger partial charge in [-0.05, 0) is 31.0 Å². The van der Waals surface area contributed by atoms with Crippen LogP contribution in [0.5, 0.6) is 11.5 Å². The average molecular weight is 418 g/mol. The number of likely N-dealkylation sites (tertiary alicyclic amines) is 1. The number of piperidine rings is 1. The van der Waals surface area contributed by atoms with Gasteiger partial charge in [0.25, 0.3) is 0 Å². The monoisotopic (exact) mass is 417 g/mol. The third kappa shape index (κ3) is 5.12. The molecule has 0 aromatic heterocycles. The van der Waals surface area contributed by atoms with Crippen molar-refractivity contribution in [3.8, 4) is 11.5 Å². The number of anilines is 2. The first-order valence-corrected chi connectivity index (χ1v) is 9.73. The first-order valence-electron chi connectivity index (χ1n) is 9.35. The zero-order valence-electron chi connectivity index (χ0n) is 16.4. The molecule has 2 aromatic carbocycles. The molecule has 2 N–H and O–H groups in total. The van der Waals surface area contributed by atoms with Crippen LogP contribution in [-0.2, 0) is 4.79 Å². The smallest absolute Gasteiger partial charge is 0.321 e. The summed E-state index contributed by atoms with van der Waals surface area (Å²) < 4.78 is 10.5. The number of halogens is 1. The number of carbonyl (C=O) groups excluding carboxylic acids is 2. The summed E-state index contributed by atoms with van der Waals surface area (Å²) >= 11 is 6.18. The van der Waals surface area contributed by atoms with Crippen LogP contribution < -0.4 is 20.1 Å². The number of amides is 3. The lowest BCUT2D eigenvalue weighted by Crippen LogP contribution is -2.45. The molecule has 0 aliphatic carbocycles. The third-order valence-electron chi connectivity index (χ3n) is 4.84. The minimum atomic E-state index is -0.323. The van der Waals surface area contributed by atoms with Crippen LogP contribution in [0.4, 0.5) is 16.2 Å². The number of urea groups is 1. The van der Waals surface area contributed by atoms with Crippen molar-refractivity contribution >= 4 is 34.9 Å². The lowest BCUT2D eigenvalue weighted by atomic mass is 9.97. The fraction of sp³-hybridized carbons (Fsp3) is 0.333. The van der Waals surface area contributed by atoms with Crippen molar-refractivity contribution in [2.75, 3.05) is 37.9 Å². The van der Waals surface area contributed by atoms with Gasteiger partial charge in [-0.2, -0.15) is 0 Å². The van der Waals surface area contributed by atoms with E-state index in [1.54, 1.807) is 17.0 Å². The molecule has 1 saturated heterocycles. The van der Waals surface area contributed by atoms with Crippen LogP contribution in [0.15, 0.2) is 42.5 Å². The standard InChI is InChI=1S/C21H24ClN3O4/c1-28-18-12-19(29-2)17(11-16(18)22)24-20(26)14-7-6-10-25(13-14)21(27)23-15-8-4-3-5-9-15/h3-5,8-9,11-12,14H,6-7,10,13H2,1-2H3,(H,23,27)(H,24,26). The molecule has 29 heavy (non-hydrogen) atoms. The second-order valence-electron chi connectivity index (χ2n) is 6.76. The van der Waals surface area contributed by atoms with E-state index in [9.17, 15) is 9.59 Å². The number of benzene rings is 2. The highest BCUT2D eigenvalue weighted by molar-refractivity contribution is 6.32. The van der Waals surface area contributed by atoms with E-state index in [1.165, 1.54) is 14.2 Å². The summed E-state index contributed by atoms with van der Waals surface area (Å²) in [7, 11) is 3.02. The minimum absolute atomic E-state index is 0.179. The molecule has 0 bridgehead atoms. The van der Waals surface area contributed by atoms with Crippen LogP contribution >= 0.6 is 11.6 Å². The van der Waals surface area contributed by atoms with E-state index in [0.717, 1.165) is 12.1 Å². The van der Waals surface area contributed by atoms with Gasteiger partial charge < -0.3 is 25.0 Å². The molecule has 0 spiro atoms. The fourth-order valence-corrected chi connectivity index (χ4v) is 3.53. The van der Waals surface area contributed by atoms with Gasteiger partial charge in [-0.1, -0.05) is 29.8 Å². The molecule has 0 saturated carbocycles. The zero-order chi connectivity index (χ0) is 20.8. The molecule has 1 unspecified atom stereocenters. The Labute approximate surface area is 174 Å². The predicted molar refractivity (Wildman–Crippen MR) is 113 cm³/mol. The SMILES string of the molecule is COc1cc(OC)c(NC(=O)C2CCCN(C(=O)Nc3ccccc3)C2)cc1Cl. The van der Waals surface area contributed by atoms with Crippen LogP contribution in [0.1, 0.15) is 12.8 Å². The number of nitrogens with one attached hydrogen (secondary N) is 2. The van der Waals surface area contributed by atoms with E-state index in [4.69, 9.17) is 21.1 Å². The van der Waals surface area contributed by atoms with Crippen LogP contribution in [0.25, 0.3) is 0 Å². The number of methoxy groups -OCH3 is 2. The van der Waals surface area contributed by atoms with Gasteiger partial charge in [0.1, 0.15) is 11.5 Å². The highest BCUT2D eigenvalue weighted by Crippen LogP contribution is 2.36. The number of nitrogens with zero attached hydrogens (tertiary/aromatic N) is 1. The second-order valence-corrected chi connectivity index (χ2v) is 7.16. The predicted octanol–water partition coefficient (Wildman–Crippen LogP) is 4.24. The molecule has 3 amide bonds. The van der Waals surface area contributed by atoms with Crippen molar-refractivity contribution < 1.29 is 19.1 Å². The van der Waals surface area contributed by atoms with Crippen LogP contribution in [0, 0.1) is 5.92 Å². The Balaban J connectivity index is 1.65. The third-order valence-corrected chi connectivity index (χ3v) is 5.13. The van der Waals surface area contributed by atoms with Crippen LogP contribution in [-0.4, -0.2) is 44.1 Å². The first-order chi connectivity index (χ1) is 14.0. The Bertz CT molecular complexity index is 876. The quantitative estimate of drug-likeness (QED) is 0.762. The van der Waals surface area contributed by atoms with E-state index in [1.807, 2.05) is 30.3 Å². The van der Waals surface area contributed by atoms with E-state index in [-0.39, 0.29) is 17.9 Å². The van der Waals surface area contributed by atoms with E-state index in [0.29, 0.717) is 41.7 Å². The Morgan fingerprint density at radius 2 is 1.79 bits per heavy atom. The van der Waals surface area contributed by atoms with E-state index in [2.05, 4.69) is 10.6 Å². The number of para-hydroxylation sites is 1. The van der Waals surface area contributed by atoms with Crippen molar-refractivity contribution in [1.29, 1.82) is 0 Å². The molecule has 0 radical (unpaired) electrons. The molecule has 2 aromatic rings. The number of hydrogen-bond donors (Lipinski definition) is 2. The Kier molecular flexibility index (Phi) is 6.82. The lowest BCUT2D eigenvalue weighted by Gasteiger charge is -2.32. The first kappa shape index (κ1) is 20.8. The van der Waals surface area contributed by atoms with Gasteiger partial charge in [0.05, 0.1) is 30.8 Å². The Morgan fingerprint density at radius 1 is 1.07 bits per heavy atom. The maximum absolute atomic E-state index is 12.8. The van der Waals surface area contributed by atoms with Gasteiger partial charge >= 0.3 is 6.03 Å². The van der Waals surface area contributed by atoms with Crippen molar-refractivity contribution in [3.05, 3.63) is 47.5 Å². The maximum Gasteiger partial charge on any atom is 0.321 e. The zero-order valence-corrected chi connectivity index (χ0v) is 17.2. The average Bonchev–Trinajstić information content (AvgIpc) is 2.74. The number of carbonyl (C=O) groups is 2. The van der Waals surface area contributed by atoms with E-state index < -0.39 is 0 Å². The van der Waals surface area contributed by atoms with Gasteiger partial charge in [0, 0.05) is 24.8 Å². The molecule has 154 valence electrons.